The van der Waals surface area contributed by atoms with E-state index in [1.54, 1.807) is 4.90 Å². The number of para-hydroxylation sites is 1. The van der Waals surface area contributed by atoms with Crippen molar-refractivity contribution in [3.8, 4) is 0 Å². The minimum Gasteiger partial charge on any atom is -0.325 e. The zero-order chi connectivity index (χ0) is 18.0. The van der Waals surface area contributed by atoms with Crippen LogP contribution in [-0.4, -0.2) is 18.4 Å². The SMILES string of the molecule is CCc1ccc(N2CC(C(=O)Nc3c(C)cccc3C)CC2=O)cc1. The fourth-order valence-electron chi connectivity index (χ4n) is 3.28. The van der Waals surface area contributed by atoms with Crippen LogP contribution in [0.1, 0.15) is 30.0 Å². The van der Waals surface area contributed by atoms with Crippen molar-refractivity contribution in [3.05, 3.63) is 59.2 Å². The first-order valence-corrected chi connectivity index (χ1v) is 8.76. The Morgan fingerprint density at radius 3 is 2.36 bits per heavy atom. The van der Waals surface area contributed by atoms with Gasteiger partial charge in [-0.05, 0) is 49.1 Å². The molecule has 0 spiro atoms. The topological polar surface area (TPSA) is 49.4 Å². The van der Waals surface area contributed by atoms with Crippen molar-refractivity contribution in [1.82, 2.24) is 0 Å². The average Bonchev–Trinajstić information content (AvgIpc) is 3.00. The molecule has 2 amide bonds. The van der Waals surface area contributed by atoms with Crippen molar-refractivity contribution >= 4 is 23.2 Å². The number of anilines is 2. The number of amides is 2. The maximum atomic E-state index is 12.7. The molecule has 0 aromatic heterocycles. The highest BCUT2D eigenvalue weighted by Gasteiger charge is 2.35. The first kappa shape index (κ1) is 17.2. The third-order valence-corrected chi connectivity index (χ3v) is 4.88. The first-order chi connectivity index (χ1) is 12.0. The van der Waals surface area contributed by atoms with Gasteiger partial charge in [0, 0.05) is 24.3 Å². The predicted octanol–water partition coefficient (Wildman–Crippen LogP) is 3.86. The summed E-state index contributed by atoms with van der Waals surface area (Å²) in [5, 5.41) is 3.01. The van der Waals surface area contributed by atoms with Gasteiger partial charge in [0.05, 0.1) is 5.92 Å². The molecule has 1 aliphatic heterocycles. The number of aryl methyl sites for hydroxylation is 3. The van der Waals surface area contributed by atoms with Crippen LogP contribution < -0.4 is 10.2 Å². The second-order valence-corrected chi connectivity index (χ2v) is 6.68. The Morgan fingerprint density at radius 2 is 1.76 bits per heavy atom. The van der Waals surface area contributed by atoms with Gasteiger partial charge in [0.2, 0.25) is 11.8 Å². The van der Waals surface area contributed by atoms with Crippen LogP contribution in [0.25, 0.3) is 0 Å². The maximum Gasteiger partial charge on any atom is 0.229 e. The van der Waals surface area contributed by atoms with Gasteiger partial charge in [0.1, 0.15) is 0 Å². The molecule has 4 heteroatoms. The van der Waals surface area contributed by atoms with Gasteiger partial charge in [0.15, 0.2) is 0 Å². The van der Waals surface area contributed by atoms with Crippen molar-refractivity contribution in [1.29, 1.82) is 0 Å². The predicted molar refractivity (Wildman–Crippen MR) is 101 cm³/mol. The summed E-state index contributed by atoms with van der Waals surface area (Å²) in [6.07, 6.45) is 1.22. The zero-order valence-corrected chi connectivity index (χ0v) is 15.0. The van der Waals surface area contributed by atoms with E-state index in [0.29, 0.717) is 6.54 Å². The highest BCUT2D eigenvalue weighted by molar-refractivity contribution is 6.03. The van der Waals surface area contributed by atoms with Crippen LogP contribution in [0, 0.1) is 19.8 Å². The van der Waals surface area contributed by atoms with Crippen LogP contribution >= 0.6 is 0 Å². The summed E-state index contributed by atoms with van der Waals surface area (Å²) >= 11 is 0. The van der Waals surface area contributed by atoms with Gasteiger partial charge in [-0.15, -0.1) is 0 Å². The minimum absolute atomic E-state index is 0.00547. The lowest BCUT2D eigenvalue weighted by Gasteiger charge is -2.18. The number of hydrogen-bond acceptors (Lipinski definition) is 2. The standard InChI is InChI=1S/C21H24N2O2/c1-4-16-8-10-18(11-9-16)23-13-17(12-19(23)24)21(25)22-20-14(2)6-5-7-15(20)3/h5-11,17H,4,12-13H2,1-3H3,(H,22,25). The monoisotopic (exact) mass is 336 g/mol. The Balaban J connectivity index is 1.72. The molecule has 1 fully saturated rings. The van der Waals surface area contributed by atoms with Crippen LogP contribution in [0.5, 0.6) is 0 Å². The van der Waals surface area contributed by atoms with Gasteiger partial charge in [-0.2, -0.15) is 0 Å². The van der Waals surface area contributed by atoms with E-state index in [0.717, 1.165) is 28.9 Å². The second kappa shape index (κ2) is 7.09. The number of nitrogens with one attached hydrogen (secondary N) is 1. The van der Waals surface area contributed by atoms with E-state index in [2.05, 4.69) is 12.2 Å². The molecule has 1 unspecified atom stereocenters. The average molecular weight is 336 g/mol. The van der Waals surface area contributed by atoms with Crippen molar-refractivity contribution in [2.75, 3.05) is 16.8 Å². The summed E-state index contributed by atoms with van der Waals surface area (Å²) in [5.74, 6) is -0.401. The van der Waals surface area contributed by atoms with Gasteiger partial charge in [-0.3, -0.25) is 9.59 Å². The largest absolute Gasteiger partial charge is 0.325 e. The normalized spacial score (nSPS) is 17.0. The Labute approximate surface area is 148 Å². The number of carbonyl (C=O) groups is 2. The number of rotatable bonds is 4. The van der Waals surface area contributed by atoms with Crippen LogP contribution in [0.15, 0.2) is 42.5 Å². The van der Waals surface area contributed by atoms with E-state index < -0.39 is 0 Å². The quantitative estimate of drug-likeness (QED) is 0.922. The number of carbonyl (C=O) groups excluding carboxylic acids is 2. The third-order valence-electron chi connectivity index (χ3n) is 4.88. The first-order valence-electron chi connectivity index (χ1n) is 8.76. The summed E-state index contributed by atoms with van der Waals surface area (Å²) < 4.78 is 0. The molecule has 0 bridgehead atoms. The summed E-state index contributed by atoms with van der Waals surface area (Å²) in [4.78, 5) is 26.7. The lowest BCUT2D eigenvalue weighted by atomic mass is 10.1. The smallest absolute Gasteiger partial charge is 0.229 e. The van der Waals surface area contributed by atoms with Gasteiger partial charge in [-0.1, -0.05) is 37.3 Å². The molecular weight excluding hydrogens is 312 g/mol. The lowest BCUT2D eigenvalue weighted by Crippen LogP contribution is -2.28. The summed E-state index contributed by atoms with van der Waals surface area (Å²) in [6.45, 7) is 6.49. The van der Waals surface area contributed by atoms with E-state index >= 15 is 0 Å². The third kappa shape index (κ3) is 3.58. The number of nitrogens with zero attached hydrogens (tertiary/aromatic N) is 1. The Kier molecular flexibility index (Phi) is 4.88. The molecule has 1 atom stereocenters. The molecule has 25 heavy (non-hydrogen) atoms. The molecule has 0 aliphatic carbocycles. The lowest BCUT2D eigenvalue weighted by molar-refractivity contribution is -0.122. The van der Waals surface area contributed by atoms with E-state index in [1.165, 1.54) is 5.56 Å². The van der Waals surface area contributed by atoms with Crippen LogP contribution in [0.2, 0.25) is 0 Å². The van der Waals surface area contributed by atoms with E-state index in [-0.39, 0.29) is 24.2 Å². The fraction of sp³-hybridized carbons (Fsp3) is 0.333. The molecular formula is C21H24N2O2. The molecule has 3 rings (SSSR count). The second-order valence-electron chi connectivity index (χ2n) is 6.68. The van der Waals surface area contributed by atoms with Gasteiger partial charge in [0.25, 0.3) is 0 Å². The fourth-order valence-corrected chi connectivity index (χ4v) is 3.28. The molecule has 130 valence electrons. The van der Waals surface area contributed by atoms with Crippen LogP contribution in [0.3, 0.4) is 0 Å². The molecule has 0 saturated carbocycles. The summed E-state index contributed by atoms with van der Waals surface area (Å²) in [6, 6.07) is 13.9. The Hall–Kier alpha value is -2.62. The number of hydrogen-bond donors (Lipinski definition) is 1. The summed E-state index contributed by atoms with van der Waals surface area (Å²) in [7, 11) is 0. The van der Waals surface area contributed by atoms with E-state index in [4.69, 9.17) is 0 Å². The van der Waals surface area contributed by atoms with Gasteiger partial charge in [-0.25, -0.2) is 0 Å². The highest BCUT2D eigenvalue weighted by Crippen LogP contribution is 2.27. The Bertz CT molecular complexity index is 776. The molecule has 2 aromatic rings. The zero-order valence-electron chi connectivity index (χ0n) is 15.0. The van der Waals surface area contributed by atoms with E-state index in [1.807, 2.05) is 56.3 Å². The van der Waals surface area contributed by atoms with Crippen molar-refractivity contribution in [3.63, 3.8) is 0 Å². The van der Waals surface area contributed by atoms with Crippen LogP contribution in [-0.2, 0) is 16.0 Å². The number of benzene rings is 2. The van der Waals surface area contributed by atoms with Crippen molar-refractivity contribution < 1.29 is 9.59 Å². The molecule has 1 N–H and O–H groups in total. The molecule has 1 heterocycles. The van der Waals surface area contributed by atoms with Crippen LogP contribution in [0.4, 0.5) is 11.4 Å². The van der Waals surface area contributed by atoms with Gasteiger partial charge < -0.3 is 10.2 Å². The van der Waals surface area contributed by atoms with Crippen molar-refractivity contribution in [2.45, 2.75) is 33.6 Å². The Morgan fingerprint density at radius 1 is 1.12 bits per heavy atom. The molecule has 4 nitrogen and oxygen atoms in total. The molecule has 0 radical (unpaired) electrons. The molecule has 1 aliphatic rings. The minimum atomic E-state index is -0.322. The summed E-state index contributed by atoms with van der Waals surface area (Å²) in [5.41, 5.74) is 5.02. The van der Waals surface area contributed by atoms with E-state index in [9.17, 15) is 9.59 Å². The van der Waals surface area contributed by atoms with Crippen molar-refractivity contribution in [2.24, 2.45) is 5.92 Å². The highest BCUT2D eigenvalue weighted by atomic mass is 16.2. The molecule has 1 saturated heterocycles. The van der Waals surface area contributed by atoms with Gasteiger partial charge >= 0.3 is 0 Å². The maximum absolute atomic E-state index is 12.7. The molecule has 2 aromatic carbocycles.